The SMILES string of the molecule is Cn1cc(C(=O)/C(C#N)=N/Nc2ccc(N3CCS(=O)(=O)CC3)cc2)c2ccccc21. The van der Waals surface area contributed by atoms with E-state index >= 15 is 0 Å². The number of aryl methyl sites for hydroxylation is 1. The van der Waals surface area contributed by atoms with Gasteiger partial charge in [-0.15, -0.1) is 0 Å². The normalized spacial score (nSPS) is 16.1. The van der Waals surface area contributed by atoms with E-state index in [1.807, 2.05) is 59.0 Å². The number of sulfone groups is 1. The highest BCUT2D eigenvalue weighted by molar-refractivity contribution is 7.91. The lowest BCUT2D eigenvalue weighted by Crippen LogP contribution is -2.40. The highest BCUT2D eigenvalue weighted by Gasteiger charge is 2.22. The summed E-state index contributed by atoms with van der Waals surface area (Å²) in [7, 11) is -1.09. The first-order valence-corrected chi connectivity index (χ1v) is 11.6. The average Bonchev–Trinajstić information content (AvgIpc) is 3.11. The molecule has 0 amide bonds. The number of hydrazone groups is 1. The molecule has 31 heavy (non-hydrogen) atoms. The van der Waals surface area contributed by atoms with Crippen molar-refractivity contribution in [3.8, 4) is 6.07 Å². The Balaban J connectivity index is 1.49. The molecule has 158 valence electrons. The van der Waals surface area contributed by atoms with E-state index < -0.39 is 15.6 Å². The topological polar surface area (TPSA) is 108 Å². The number of para-hydroxylation sites is 1. The number of aromatic nitrogens is 1. The molecule has 4 rings (SSSR count). The first-order chi connectivity index (χ1) is 14.9. The summed E-state index contributed by atoms with van der Waals surface area (Å²) in [5, 5.41) is 14.3. The van der Waals surface area contributed by atoms with Gasteiger partial charge in [-0.2, -0.15) is 10.4 Å². The van der Waals surface area contributed by atoms with E-state index in [9.17, 15) is 18.5 Å². The predicted octanol–water partition coefficient (Wildman–Crippen LogP) is 2.59. The van der Waals surface area contributed by atoms with Gasteiger partial charge in [-0.25, -0.2) is 8.42 Å². The molecule has 0 aliphatic carbocycles. The molecule has 2 heterocycles. The van der Waals surface area contributed by atoms with Crippen LogP contribution in [0.3, 0.4) is 0 Å². The predicted molar refractivity (Wildman–Crippen MR) is 121 cm³/mol. The zero-order chi connectivity index (χ0) is 22.0. The Morgan fingerprint density at radius 3 is 2.45 bits per heavy atom. The van der Waals surface area contributed by atoms with E-state index in [1.165, 1.54) is 0 Å². The molecule has 1 saturated heterocycles. The minimum Gasteiger partial charge on any atom is -0.369 e. The van der Waals surface area contributed by atoms with E-state index in [2.05, 4.69) is 10.5 Å². The maximum absolute atomic E-state index is 12.9. The number of nitriles is 1. The van der Waals surface area contributed by atoms with Gasteiger partial charge >= 0.3 is 0 Å². The number of anilines is 2. The lowest BCUT2D eigenvalue weighted by Gasteiger charge is -2.28. The third kappa shape index (κ3) is 4.29. The van der Waals surface area contributed by atoms with Crippen molar-refractivity contribution < 1.29 is 13.2 Å². The highest BCUT2D eigenvalue weighted by atomic mass is 32.2. The van der Waals surface area contributed by atoms with Crippen LogP contribution >= 0.6 is 0 Å². The van der Waals surface area contributed by atoms with Gasteiger partial charge in [-0.05, 0) is 30.3 Å². The highest BCUT2D eigenvalue weighted by Crippen LogP contribution is 2.22. The van der Waals surface area contributed by atoms with Crippen LogP contribution in [-0.2, 0) is 16.9 Å². The minimum absolute atomic E-state index is 0.152. The van der Waals surface area contributed by atoms with Crippen molar-refractivity contribution in [1.29, 1.82) is 5.26 Å². The summed E-state index contributed by atoms with van der Waals surface area (Å²) in [6, 6.07) is 16.6. The second-order valence-corrected chi connectivity index (χ2v) is 9.67. The number of nitrogens with one attached hydrogen (secondary N) is 1. The van der Waals surface area contributed by atoms with Crippen molar-refractivity contribution >= 4 is 43.6 Å². The smallest absolute Gasteiger partial charge is 0.226 e. The molecule has 0 spiro atoms. The summed E-state index contributed by atoms with van der Waals surface area (Å²) in [6.07, 6.45) is 1.70. The fourth-order valence-corrected chi connectivity index (χ4v) is 4.82. The third-order valence-corrected chi connectivity index (χ3v) is 6.95. The summed E-state index contributed by atoms with van der Waals surface area (Å²) in [5.41, 5.74) is 5.39. The molecular weight excluding hydrogens is 414 g/mol. The molecule has 1 fully saturated rings. The van der Waals surface area contributed by atoms with Crippen LogP contribution in [0, 0.1) is 11.3 Å². The number of carbonyl (C=O) groups is 1. The maximum Gasteiger partial charge on any atom is 0.226 e. The third-order valence-electron chi connectivity index (χ3n) is 5.34. The first-order valence-electron chi connectivity index (χ1n) is 9.76. The standard InChI is InChI=1S/C22H21N5O3S/c1-26-15-19(18-4-2-3-5-21(18)26)22(28)20(14-23)25-24-16-6-8-17(9-7-16)27-10-12-31(29,30)13-11-27/h2-9,15,24H,10-13H2,1H3/b25-20+. The average molecular weight is 436 g/mol. The number of fused-ring (bicyclic) bond motifs is 1. The van der Waals surface area contributed by atoms with Gasteiger partial charge in [0.1, 0.15) is 6.07 Å². The van der Waals surface area contributed by atoms with E-state index in [0.717, 1.165) is 16.6 Å². The summed E-state index contributed by atoms with van der Waals surface area (Å²) in [5.74, 6) is -0.143. The van der Waals surface area contributed by atoms with Gasteiger partial charge in [-0.3, -0.25) is 10.2 Å². The van der Waals surface area contributed by atoms with Gasteiger partial charge in [0.2, 0.25) is 11.5 Å². The first kappa shape index (κ1) is 20.6. The molecule has 9 heteroatoms. The number of carbonyl (C=O) groups excluding carboxylic acids is 1. The van der Waals surface area contributed by atoms with Crippen molar-refractivity contribution in [3.05, 3.63) is 60.3 Å². The van der Waals surface area contributed by atoms with Crippen LogP contribution in [0.15, 0.2) is 59.8 Å². The molecule has 0 atom stereocenters. The van der Waals surface area contributed by atoms with Gasteiger partial charge in [0.15, 0.2) is 9.84 Å². The largest absolute Gasteiger partial charge is 0.369 e. The molecule has 0 bridgehead atoms. The van der Waals surface area contributed by atoms with Crippen molar-refractivity contribution in [1.82, 2.24) is 4.57 Å². The Hall–Kier alpha value is -3.64. The molecule has 1 aliphatic rings. The van der Waals surface area contributed by atoms with Gasteiger partial charge in [0, 0.05) is 42.9 Å². The Morgan fingerprint density at radius 2 is 1.77 bits per heavy atom. The van der Waals surface area contributed by atoms with Crippen LogP contribution in [0.25, 0.3) is 10.9 Å². The summed E-state index contributed by atoms with van der Waals surface area (Å²) < 4.78 is 25.0. The fourth-order valence-electron chi connectivity index (χ4n) is 3.61. The lowest BCUT2D eigenvalue weighted by atomic mass is 10.1. The summed E-state index contributed by atoms with van der Waals surface area (Å²) in [4.78, 5) is 14.9. The molecule has 2 aromatic carbocycles. The van der Waals surface area contributed by atoms with Crippen molar-refractivity contribution in [2.45, 2.75) is 0 Å². The van der Waals surface area contributed by atoms with Crippen LogP contribution in [0.1, 0.15) is 10.4 Å². The van der Waals surface area contributed by atoms with Crippen molar-refractivity contribution in [3.63, 3.8) is 0 Å². The summed E-state index contributed by atoms with van der Waals surface area (Å²) in [6.45, 7) is 0.927. The molecule has 3 aromatic rings. The van der Waals surface area contributed by atoms with E-state index in [0.29, 0.717) is 24.3 Å². The van der Waals surface area contributed by atoms with Crippen LogP contribution in [-0.4, -0.2) is 49.1 Å². The summed E-state index contributed by atoms with van der Waals surface area (Å²) >= 11 is 0. The van der Waals surface area contributed by atoms with Gasteiger partial charge in [0.05, 0.1) is 22.8 Å². The molecule has 1 N–H and O–H groups in total. The van der Waals surface area contributed by atoms with E-state index in [4.69, 9.17) is 0 Å². The Kier molecular flexibility index (Phi) is 5.48. The number of hydrogen-bond donors (Lipinski definition) is 1. The minimum atomic E-state index is -2.93. The number of hydrogen-bond acceptors (Lipinski definition) is 7. The molecule has 1 aliphatic heterocycles. The van der Waals surface area contributed by atoms with Crippen LogP contribution < -0.4 is 10.3 Å². The maximum atomic E-state index is 12.9. The second kappa shape index (κ2) is 8.24. The zero-order valence-corrected chi connectivity index (χ0v) is 17.8. The monoisotopic (exact) mass is 435 g/mol. The van der Waals surface area contributed by atoms with E-state index in [1.54, 1.807) is 18.3 Å². The van der Waals surface area contributed by atoms with Gasteiger partial charge in [0.25, 0.3) is 0 Å². The lowest BCUT2D eigenvalue weighted by molar-refractivity contribution is 0.106. The van der Waals surface area contributed by atoms with Crippen LogP contribution in [0.2, 0.25) is 0 Å². The second-order valence-electron chi connectivity index (χ2n) is 7.37. The molecule has 0 radical (unpaired) electrons. The molecule has 0 unspecified atom stereocenters. The number of ketones is 1. The van der Waals surface area contributed by atoms with Gasteiger partial charge in [-0.1, -0.05) is 18.2 Å². The molecular formula is C22H21N5O3S. The zero-order valence-electron chi connectivity index (χ0n) is 16.9. The van der Waals surface area contributed by atoms with Crippen molar-refractivity contribution in [2.24, 2.45) is 12.1 Å². The number of benzene rings is 2. The Morgan fingerprint density at radius 1 is 1.10 bits per heavy atom. The molecule has 0 saturated carbocycles. The number of Topliss-reactive ketones (excluding diaryl/α,β-unsaturated/α-hetero) is 1. The van der Waals surface area contributed by atoms with E-state index in [-0.39, 0.29) is 17.2 Å². The van der Waals surface area contributed by atoms with Crippen LogP contribution in [0.4, 0.5) is 11.4 Å². The molecule has 8 nitrogen and oxygen atoms in total. The fraction of sp³-hybridized carbons (Fsp3) is 0.227. The van der Waals surface area contributed by atoms with Gasteiger partial charge < -0.3 is 9.47 Å². The Bertz CT molecular complexity index is 1300. The quantitative estimate of drug-likeness (QED) is 0.375. The number of rotatable bonds is 5. The number of nitrogens with zero attached hydrogens (tertiary/aromatic N) is 4. The Labute approximate surface area is 180 Å². The van der Waals surface area contributed by atoms with Crippen LogP contribution in [0.5, 0.6) is 0 Å². The van der Waals surface area contributed by atoms with Crippen molar-refractivity contribution in [2.75, 3.05) is 34.9 Å². The molecule has 1 aromatic heterocycles.